The largest absolute Gasteiger partial charge is 0.357 e. The van der Waals surface area contributed by atoms with Crippen LogP contribution in [0.25, 0.3) is 0 Å². The van der Waals surface area contributed by atoms with Gasteiger partial charge in [0.25, 0.3) is 5.91 Å². The maximum Gasteiger partial charge on any atom is 0.257 e. The van der Waals surface area contributed by atoms with Crippen LogP contribution < -0.4 is 5.32 Å². The van der Waals surface area contributed by atoms with Crippen LogP contribution in [0, 0.1) is 0 Å². The minimum Gasteiger partial charge on any atom is -0.357 e. The molecule has 1 aromatic heterocycles. The molecule has 2 amide bonds. The highest BCUT2D eigenvalue weighted by Gasteiger charge is 2.65. The molecule has 3 aliphatic rings. The lowest BCUT2D eigenvalue weighted by Crippen LogP contribution is -2.48. The Hall–Kier alpha value is -3.00. The molecule has 3 saturated heterocycles. The average Bonchev–Trinajstić information content (AvgIpc) is 3.37. The third-order valence-electron chi connectivity index (χ3n) is 5.98. The summed E-state index contributed by atoms with van der Waals surface area (Å²) in [5.41, 5.74) is 0.747. The van der Waals surface area contributed by atoms with Gasteiger partial charge in [-0.05, 0) is 5.56 Å². The zero-order valence-corrected chi connectivity index (χ0v) is 15.5. The minimum absolute atomic E-state index is 0.0442. The summed E-state index contributed by atoms with van der Waals surface area (Å²) < 4.78 is 6.48. The van der Waals surface area contributed by atoms with Gasteiger partial charge in [-0.25, -0.2) is 9.97 Å². The van der Waals surface area contributed by atoms with E-state index in [1.807, 2.05) is 35.2 Å². The van der Waals surface area contributed by atoms with Crippen molar-refractivity contribution >= 4 is 17.8 Å². The summed E-state index contributed by atoms with van der Waals surface area (Å²) in [6, 6.07) is 9.65. The lowest BCUT2D eigenvalue weighted by molar-refractivity contribution is -0.138. The van der Waals surface area contributed by atoms with Gasteiger partial charge in [-0.15, -0.1) is 0 Å². The van der Waals surface area contributed by atoms with Gasteiger partial charge < -0.3 is 19.9 Å². The van der Waals surface area contributed by atoms with Crippen LogP contribution in [0.2, 0.25) is 0 Å². The minimum atomic E-state index is -0.723. The fraction of sp³-hybridized carbons (Fsp3) is 0.400. The van der Waals surface area contributed by atoms with Gasteiger partial charge in [0.15, 0.2) is 5.72 Å². The summed E-state index contributed by atoms with van der Waals surface area (Å²) in [6.45, 7) is 1.07. The lowest BCUT2D eigenvalue weighted by atomic mass is 10.1. The molecule has 1 N–H and O–H groups in total. The van der Waals surface area contributed by atoms with Gasteiger partial charge in [-0.1, -0.05) is 30.3 Å². The molecular formula is C20H21N5O3. The van der Waals surface area contributed by atoms with Crippen LogP contribution in [0.15, 0.2) is 42.7 Å². The van der Waals surface area contributed by atoms with E-state index in [4.69, 9.17) is 4.74 Å². The number of likely N-dealkylation sites (tertiary alicyclic amines) is 1. The molecule has 3 aliphatic heterocycles. The second-order valence-corrected chi connectivity index (χ2v) is 7.38. The van der Waals surface area contributed by atoms with Crippen LogP contribution >= 0.6 is 0 Å². The Labute approximate surface area is 162 Å². The molecule has 1 aromatic carbocycles. The first-order valence-corrected chi connectivity index (χ1v) is 9.46. The van der Waals surface area contributed by atoms with Crippen LogP contribution in [0.1, 0.15) is 34.9 Å². The molecule has 3 atom stereocenters. The molecule has 3 fully saturated rings. The van der Waals surface area contributed by atoms with Crippen molar-refractivity contribution in [3.8, 4) is 0 Å². The van der Waals surface area contributed by atoms with Gasteiger partial charge in [0.2, 0.25) is 11.9 Å². The van der Waals surface area contributed by atoms with Crippen molar-refractivity contribution in [1.29, 1.82) is 0 Å². The molecule has 8 heteroatoms. The third kappa shape index (κ3) is 2.41. The fourth-order valence-corrected chi connectivity index (χ4v) is 4.64. The van der Waals surface area contributed by atoms with Gasteiger partial charge in [-0.3, -0.25) is 9.59 Å². The third-order valence-corrected chi connectivity index (χ3v) is 5.98. The molecule has 0 radical (unpaired) electrons. The smallest absolute Gasteiger partial charge is 0.257 e. The topological polar surface area (TPSA) is 87.7 Å². The number of amides is 2. The number of aromatic nitrogens is 2. The normalized spacial score (nSPS) is 28.4. The second-order valence-electron chi connectivity index (χ2n) is 7.38. The van der Waals surface area contributed by atoms with E-state index in [0.29, 0.717) is 37.4 Å². The van der Waals surface area contributed by atoms with Crippen LogP contribution in [0.3, 0.4) is 0 Å². The Balaban J connectivity index is 1.42. The highest BCUT2D eigenvalue weighted by atomic mass is 16.5. The summed E-state index contributed by atoms with van der Waals surface area (Å²) >= 11 is 0. The number of nitrogens with one attached hydrogen (secondary N) is 1. The van der Waals surface area contributed by atoms with Crippen molar-refractivity contribution in [3.63, 3.8) is 0 Å². The SMILES string of the molecule is CNc1ncc(C(=O)N2CC[C@@]34O[C@@H](c5ccccc5)CN3C(=O)C[C@@H]24)cn1. The molecule has 0 saturated carbocycles. The maximum atomic E-state index is 13.1. The van der Waals surface area contributed by atoms with Crippen LogP contribution in [0.5, 0.6) is 0 Å². The number of ether oxygens (including phenoxy) is 1. The first-order chi connectivity index (χ1) is 13.6. The monoisotopic (exact) mass is 379 g/mol. The molecule has 0 unspecified atom stereocenters. The quantitative estimate of drug-likeness (QED) is 0.868. The highest BCUT2D eigenvalue weighted by Crippen LogP contribution is 2.50. The van der Waals surface area contributed by atoms with E-state index in [-0.39, 0.29) is 24.0 Å². The highest BCUT2D eigenvalue weighted by molar-refractivity contribution is 5.95. The molecule has 8 nitrogen and oxygen atoms in total. The van der Waals surface area contributed by atoms with Gasteiger partial charge in [0, 0.05) is 32.4 Å². The Bertz CT molecular complexity index is 919. The summed E-state index contributed by atoms with van der Waals surface area (Å²) in [6.07, 6.45) is 3.78. The van der Waals surface area contributed by atoms with Gasteiger partial charge in [0.05, 0.1) is 24.6 Å². The Morgan fingerprint density at radius 2 is 2.00 bits per heavy atom. The van der Waals surface area contributed by atoms with E-state index in [9.17, 15) is 9.59 Å². The zero-order valence-electron chi connectivity index (χ0n) is 15.5. The van der Waals surface area contributed by atoms with E-state index in [1.54, 1.807) is 11.9 Å². The number of rotatable bonds is 3. The number of benzene rings is 1. The number of anilines is 1. The molecule has 1 spiro atoms. The molecule has 5 rings (SSSR count). The van der Waals surface area contributed by atoms with E-state index in [0.717, 1.165) is 5.56 Å². The second kappa shape index (κ2) is 6.27. The summed E-state index contributed by atoms with van der Waals surface area (Å²) in [5, 5.41) is 2.84. The van der Waals surface area contributed by atoms with Crippen LogP contribution in [-0.4, -0.2) is 63.5 Å². The zero-order chi connectivity index (χ0) is 19.3. The van der Waals surface area contributed by atoms with E-state index in [1.165, 1.54) is 12.4 Å². The van der Waals surface area contributed by atoms with Crippen molar-refractivity contribution < 1.29 is 14.3 Å². The van der Waals surface area contributed by atoms with Crippen LogP contribution in [-0.2, 0) is 9.53 Å². The molecule has 0 bridgehead atoms. The summed E-state index contributed by atoms with van der Waals surface area (Å²) in [7, 11) is 1.72. The van der Waals surface area contributed by atoms with Crippen molar-refractivity contribution in [3.05, 3.63) is 53.9 Å². The molecule has 2 aromatic rings. The number of hydrogen-bond donors (Lipinski definition) is 1. The van der Waals surface area contributed by atoms with Crippen molar-refractivity contribution in [2.75, 3.05) is 25.5 Å². The number of nitrogens with zero attached hydrogens (tertiary/aromatic N) is 4. The van der Waals surface area contributed by atoms with E-state index < -0.39 is 5.72 Å². The first kappa shape index (κ1) is 17.1. The van der Waals surface area contributed by atoms with E-state index >= 15 is 0 Å². The predicted octanol–water partition coefficient (Wildman–Crippen LogP) is 1.43. The lowest BCUT2D eigenvalue weighted by Gasteiger charge is -2.31. The van der Waals surface area contributed by atoms with Gasteiger partial charge >= 0.3 is 0 Å². The van der Waals surface area contributed by atoms with Crippen LogP contribution in [0.4, 0.5) is 5.95 Å². The standard InChI is InChI=1S/C20H21N5O3/c1-21-19-22-10-14(11-23-19)18(27)24-8-7-20-16(24)9-17(26)25(20)12-15(28-20)13-5-3-2-4-6-13/h2-6,10-11,15-16H,7-9,12H2,1H3,(H,21,22,23)/t15-,16-,20+/m1/s1. The summed E-state index contributed by atoms with van der Waals surface area (Å²) in [4.78, 5) is 37.6. The van der Waals surface area contributed by atoms with Gasteiger partial charge in [-0.2, -0.15) is 0 Å². The molecule has 144 valence electrons. The van der Waals surface area contributed by atoms with Crippen molar-refractivity contribution in [1.82, 2.24) is 19.8 Å². The van der Waals surface area contributed by atoms with Crippen molar-refractivity contribution in [2.24, 2.45) is 0 Å². The number of carbonyl (C=O) groups is 2. The van der Waals surface area contributed by atoms with Gasteiger partial charge in [0.1, 0.15) is 6.10 Å². The summed E-state index contributed by atoms with van der Waals surface area (Å²) in [5.74, 6) is 0.343. The predicted molar refractivity (Wildman–Crippen MR) is 100 cm³/mol. The molecule has 4 heterocycles. The number of hydrogen-bond acceptors (Lipinski definition) is 6. The Morgan fingerprint density at radius 1 is 1.25 bits per heavy atom. The Morgan fingerprint density at radius 3 is 2.71 bits per heavy atom. The van der Waals surface area contributed by atoms with E-state index in [2.05, 4.69) is 15.3 Å². The average molecular weight is 379 g/mol. The molecule has 0 aliphatic carbocycles. The van der Waals surface area contributed by atoms with Crippen molar-refractivity contribution in [2.45, 2.75) is 30.7 Å². The Kier molecular flexibility index (Phi) is 3.83. The molecular weight excluding hydrogens is 358 g/mol. The number of carbonyl (C=O) groups excluding carboxylic acids is 2. The first-order valence-electron chi connectivity index (χ1n) is 9.46. The maximum absolute atomic E-state index is 13.1. The fourth-order valence-electron chi connectivity index (χ4n) is 4.64. The molecule has 28 heavy (non-hydrogen) atoms.